The number of aromatic nitrogens is 2. The number of fused-ring (bicyclic) bond motifs is 1. The summed E-state index contributed by atoms with van der Waals surface area (Å²) in [6.45, 7) is 1.77. The monoisotopic (exact) mass is 353 g/mol. The van der Waals surface area contributed by atoms with Crippen molar-refractivity contribution in [1.82, 2.24) is 15.1 Å². The predicted octanol–water partition coefficient (Wildman–Crippen LogP) is 4.52. The number of hydrogen-bond donors (Lipinski definition) is 1. The highest BCUT2D eigenvalue weighted by molar-refractivity contribution is 5.85. The van der Waals surface area contributed by atoms with E-state index < -0.39 is 0 Å². The van der Waals surface area contributed by atoms with Crippen molar-refractivity contribution >= 4 is 12.4 Å². The van der Waals surface area contributed by atoms with E-state index in [0.29, 0.717) is 6.04 Å². The maximum Gasteiger partial charge on any atom is 0.0662 e. The molecule has 1 atom stereocenters. The average Bonchev–Trinajstić information content (AvgIpc) is 3.05. The van der Waals surface area contributed by atoms with Crippen molar-refractivity contribution in [3.63, 3.8) is 0 Å². The van der Waals surface area contributed by atoms with Crippen LogP contribution in [0.15, 0.2) is 66.9 Å². The lowest BCUT2D eigenvalue weighted by Crippen LogP contribution is -2.25. The molecule has 0 saturated carbocycles. The van der Waals surface area contributed by atoms with Gasteiger partial charge in [0.15, 0.2) is 0 Å². The van der Waals surface area contributed by atoms with Crippen LogP contribution in [0.5, 0.6) is 0 Å². The lowest BCUT2D eigenvalue weighted by molar-refractivity contribution is 0.449. The molecule has 4 heteroatoms. The van der Waals surface area contributed by atoms with Gasteiger partial charge in [0, 0.05) is 23.8 Å². The van der Waals surface area contributed by atoms with Gasteiger partial charge in [0.1, 0.15) is 0 Å². The first-order valence-electron chi connectivity index (χ1n) is 8.76. The third kappa shape index (κ3) is 4.12. The number of benzene rings is 2. The van der Waals surface area contributed by atoms with Crippen LogP contribution in [-0.4, -0.2) is 9.78 Å². The van der Waals surface area contributed by atoms with E-state index in [-0.39, 0.29) is 12.4 Å². The summed E-state index contributed by atoms with van der Waals surface area (Å²) in [5, 5.41) is 8.39. The van der Waals surface area contributed by atoms with E-state index in [1.807, 2.05) is 0 Å². The van der Waals surface area contributed by atoms with E-state index >= 15 is 0 Å². The van der Waals surface area contributed by atoms with Crippen LogP contribution in [0.2, 0.25) is 0 Å². The molecule has 0 saturated heterocycles. The maximum atomic E-state index is 4.67. The van der Waals surface area contributed by atoms with E-state index in [4.69, 9.17) is 0 Å². The summed E-state index contributed by atoms with van der Waals surface area (Å²) in [5.74, 6) is 0. The predicted molar refractivity (Wildman–Crippen MR) is 104 cm³/mol. The van der Waals surface area contributed by atoms with Crippen molar-refractivity contribution in [2.45, 2.75) is 38.4 Å². The summed E-state index contributed by atoms with van der Waals surface area (Å²) >= 11 is 0. The van der Waals surface area contributed by atoms with Crippen molar-refractivity contribution in [1.29, 1.82) is 0 Å². The van der Waals surface area contributed by atoms with Gasteiger partial charge in [0.05, 0.1) is 12.7 Å². The van der Waals surface area contributed by atoms with Gasteiger partial charge in [-0.15, -0.1) is 12.4 Å². The van der Waals surface area contributed by atoms with Gasteiger partial charge in [0.25, 0.3) is 0 Å². The molecule has 0 bridgehead atoms. The molecule has 0 fully saturated rings. The SMILES string of the molecule is Cl.c1ccc(CNC2CCCc3c2cnn3Cc2ccccc2)cc1. The Kier molecular flexibility index (Phi) is 5.90. The molecule has 2 aromatic carbocycles. The summed E-state index contributed by atoms with van der Waals surface area (Å²) in [6, 6.07) is 21.6. The zero-order valence-electron chi connectivity index (χ0n) is 14.3. The molecule has 25 heavy (non-hydrogen) atoms. The van der Waals surface area contributed by atoms with E-state index in [1.54, 1.807) is 0 Å². The quantitative estimate of drug-likeness (QED) is 0.730. The number of halogens is 1. The van der Waals surface area contributed by atoms with Crippen LogP contribution in [0.3, 0.4) is 0 Å². The van der Waals surface area contributed by atoms with Crippen LogP contribution in [-0.2, 0) is 19.5 Å². The molecule has 1 aliphatic carbocycles. The summed E-state index contributed by atoms with van der Waals surface area (Å²) in [4.78, 5) is 0. The summed E-state index contributed by atoms with van der Waals surface area (Å²) < 4.78 is 2.18. The Labute approximate surface area is 155 Å². The summed E-state index contributed by atoms with van der Waals surface area (Å²) in [7, 11) is 0. The molecule has 1 heterocycles. The molecule has 0 spiro atoms. The highest BCUT2D eigenvalue weighted by atomic mass is 35.5. The Morgan fingerprint density at radius 2 is 1.64 bits per heavy atom. The molecule has 1 aromatic heterocycles. The van der Waals surface area contributed by atoms with Crippen LogP contribution in [0.1, 0.15) is 41.3 Å². The Bertz CT molecular complexity index is 783. The average molecular weight is 354 g/mol. The summed E-state index contributed by atoms with van der Waals surface area (Å²) in [5.41, 5.74) is 5.42. The van der Waals surface area contributed by atoms with Crippen molar-refractivity contribution in [2.75, 3.05) is 0 Å². The zero-order valence-corrected chi connectivity index (χ0v) is 15.1. The highest BCUT2D eigenvalue weighted by Crippen LogP contribution is 2.30. The minimum atomic E-state index is 0. The molecule has 0 amide bonds. The van der Waals surface area contributed by atoms with Gasteiger partial charge in [-0.3, -0.25) is 4.68 Å². The number of hydrogen-bond acceptors (Lipinski definition) is 2. The van der Waals surface area contributed by atoms with Crippen LogP contribution in [0, 0.1) is 0 Å². The first-order valence-corrected chi connectivity index (χ1v) is 8.76. The third-order valence-corrected chi connectivity index (χ3v) is 4.83. The Morgan fingerprint density at radius 1 is 0.960 bits per heavy atom. The second-order valence-electron chi connectivity index (χ2n) is 6.50. The van der Waals surface area contributed by atoms with E-state index in [9.17, 15) is 0 Å². The number of nitrogens with one attached hydrogen (secondary N) is 1. The van der Waals surface area contributed by atoms with Gasteiger partial charge in [-0.05, 0) is 30.4 Å². The molecular weight excluding hydrogens is 330 g/mol. The van der Waals surface area contributed by atoms with Crippen molar-refractivity contribution in [2.24, 2.45) is 0 Å². The fourth-order valence-electron chi connectivity index (χ4n) is 3.56. The normalized spacial score (nSPS) is 16.1. The minimum Gasteiger partial charge on any atom is -0.306 e. The smallest absolute Gasteiger partial charge is 0.0662 e. The molecule has 1 unspecified atom stereocenters. The molecule has 3 aromatic rings. The fraction of sp³-hybridized carbons (Fsp3) is 0.286. The minimum absolute atomic E-state index is 0. The molecule has 130 valence electrons. The second kappa shape index (κ2) is 8.32. The Morgan fingerprint density at radius 3 is 2.36 bits per heavy atom. The molecule has 0 radical (unpaired) electrons. The fourth-order valence-corrected chi connectivity index (χ4v) is 3.56. The maximum absolute atomic E-state index is 4.67. The van der Waals surface area contributed by atoms with Crippen molar-refractivity contribution < 1.29 is 0 Å². The van der Waals surface area contributed by atoms with Crippen LogP contribution in [0.4, 0.5) is 0 Å². The first kappa shape index (κ1) is 17.7. The van der Waals surface area contributed by atoms with Gasteiger partial charge in [-0.2, -0.15) is 5.10 Å². The third-order valence-electron chi connectivity index (χ3n) is 4.83. The van der Waals surface area contributed by atoms with Crippen LogP contribution in [0.25, 0.3) is 0 Å². The van der Waals surface area contributed by atoms with Crippen molar-refractivity contribution in [3.8, 4) is 0 Å². The molecular formula is C21H24ClN3. The van der Waals surface area contributed by atoms with Crippen molar-refractivity contribution in [3.05, 3.63) is 89.2 Å². The van der Waals surface area contributed by atoms with Gasteiger partial charge < -0.3 is 5.32 Å². The Hall–Kier alpha value is -2.10. The number of nitrogens with zero attached hydrogens (tertiary/aromatic N) is 2. The van der Waals surface area contributed by atoms with E-state index in [1.165, 1.54) is 35.2 Å². The standard InChI is InChI=1S/C21H23N3.ClH/c1-3-8-17(9-4-1)14-22-20-12-7-13-21-19(20)15-23-24(21)16-18-10-5-2-6-11-18;/h1-6,8-11,15,20,22H,7,12-14,16H2;1H. The summed E-state index contributed by atoms with van der Waals surface area (Å²) in [6.07, 6.45) is 5.61. The highest BCUT2D eigenvalue weighted by Gasteiger charge is 2.23. The van der Waals surface area contributed by atoms with Crippen LogP contribution >= 0.6 is 12.4 Å². The first-order chi connectivity index (χ1) is 11.9. The van der Waals surface area contributed by atoms with E-state index in [2.05, 4.69) is 82.0 Å². The number of rotatable bonds is 5. The second-order valence-corrected chi connectivity index (χ2v) is 6.50. The largest absolute Gasteiger partial charge is 0.306 e. The zero-order chi connectivity index (χ0) is 16.2. The van der Waals surface area contributed by atoms with Gasteiger partial charge in [-0.1, -0.05) is 60.7 Å². The molecule has 0 aliphatic heterocycles. The molecule has 4 rings (SSSR count). The van der Waals surface area contributed by atoms with Gasteiger partial charge >= 0.3 is 0 Å². The molecule has 1 N–H and O–H groups in total. The van der Waals surface area contributed by atoms with Gasteiger partial charge in [0.2, 0.25) is 0 Å². The lowest BCUT2D eigenvalue weighted by atomic mass is 9.92. The topological polar surface area (TPSA) is 29.9 Å². The lowest BCUT2D eigenvalue weighted by Gasteiger charge is -2.24. The van der Waals surface area contributed by atoms with E-state index in [0.717, 1.165) is 19.5 Å². The molecule has 3 nitrogen and oxygen atoms in total. The van der Waals surface area contributed by atoms with Gasteiger partial charge in [-0.25, -0.2) is 0 Å². The Balaban J connectivity index is 0.00000182. The molecule has 1 aliphatic rings. The van der Waals surface area contributed by atoms with Crippen LogP contribution < -0.4 is 5.32 Å².